The molecule has 0 amide bonds. The van der Waals surface area contributed by atoms with Crippen LogP contribution in [0.3, 0.4) is 0 Å². The quantitative estimate of drug-likeness (QED) is 0.861. The molecule has 0 N–H and O–H groups in total. The Balaban J connectivity index is 1.42. The van der Waals surface area contributed by atoms with Gasteiger partial charge in [-0.2, -0.15) is 10.2 Å². The topological polar surface area (TPSA) is 58.0 Å². The van der Waals surface area contributed by atoms with Crippen LogP contribution in [0.15, 0.2) is 18.2 Å². The van der Waals surface area contributed by atoms with Crippen LogP contribution >= 0.6 is 0 Å². The van der Waals surface area contributed by atoms with Crippen LogP contribution in [0, 0.1) is 6.92 Å². The van der Waals surface area contributed by atoms with Crippen LogP contribution in [0.1, 0.15) is 29.8 Å². The van der Waals surface area contributed by atoms with Crippen LogP contribution in [0.2, 0.25) is 0 Å². The van der Waals surface area contributed by atoms with Crippen molar-refractivity contribution >= 4 is 11.6 Å². The van der Waals surface area contributed by atoms with Crippen molar-refractivity contribution in [1.82, 2.24) is 20.4 Å². The van der Waals surface area contributed by atoms with E-state index in [2.05, 4.69) is 43.3 Å². The summed E-state index contributed by atoms with van der Waals surface area (Å²) < 4.78 is 0. The molecule has 0 unspecified atom stereocenters. The van der Waals surface area contributed by atoms with Gasteiger partial charge in [0, 0.05) is 20.1 Å². The summed E-state index contributed by atoms with van der Waals surface area (Å²) in [6, 6.07) is 6.72. The maximum atomic E-state index is 4.43. The zero-order chi connectivity index (χ0) is 15.8. The van der Waals surface area contributed by atoms with E-state index in [1.165, 1.54) is 24.1 Å². The van der Waals surface area contributed by atoms with Gasteiger partial charge in [-0.25, -0.2) is 0 Å². The van der Waals surface area contributed by atoms with E-state index in [1.54, 1.807) is 0 Å². The average Bonchev–Trinajstić information content (AvgIpc) is 2.54. The monoisotopic (exact) mass is 310 g/mol. The number of aromatic nitrogens is 4. The highest BCUT2D eigenvalue weighted by molar-refractivity contribution is 5.49. The van der Waals surface area contributed by atoms with Crippen molar-refractivity contribution in [3.8, 4) is 0 Å². The summed E-state index contributed by atoms with van der Waals surface area (Å²) in [6.45, 7) is 3.87. The van der Waals surface area contributed by atoms with E-state index < -0.39 is 0 Å². The molecular formula is C17H22N6. The zero-order valence-electron chi connectivity index (χ0n) is 13.7. The molecule has 1 aliphatic heterocycles. The Bertz CT molecular complexity index is 693. The Morgan fingerprint density at radius 2 is 1.87 bits per heavy atom. The minimum atomic E-state index is 0.449. The van der Waals surface area contributed by atoms with Crippen molar-refractivity contribution in [3.63, 3.8) is 0 Å². The molecule has 0 aromatic carbocycles. The fourth-order valence-corrected chi connectivity index (χ4v) is 3.29. The summed E-state index contributed by atoms with van der Waals surface area (Å²) in [5, 5.41) is 17.3. The SMILES string of the molecule is Cc1ccc(N(C)C2CN(c3cc4c(nn3)CCCC4)C2)nn1. The van der Waals surface area contributed by atoms with Crippen LogP contribution in [0.4, 0.5) is 11.6 Å². The summed E-state index contributed by atoms with van der Waals surface area (Å²) >= 11 is 0. The lowest BCUT2D eigenvalue weighted by Crippen LogP contribution is -2.59. The first-order chi connectivity index (χ1) is 11.2. The molecule has 6 nitrogen and oxygen atoms in total. The van der Waals surface area contributed by atoms with E-state index in [9.17, 15) is 0 Å². The van der Waals surface area contributed by atoms with Crippen molar-refractivity contribution in [2.24, 2.45) is 0 Å². The molecule has 1 fully saturated rings. The van der Waals surface area contributed by atoms with Gasteiger partial charge in [0.05, 0.1) is 17.4 Å². The molecule has 0 atom stereocenters. The number of rotatable bonds is 3. The summed E-state index contributed by atoms with van der Waals surface area (Å²) in [4.78, 5) is 4.50. The average molecular weight is 310 g/mol. The van der Waals surface area contributed by atoms with E-state index in [4.69, 9.17) is 0 Å². The lowest BCUT2D eigenvalue weighted by atomic mass is 9.96. The van der Waals surface area contributed by atoms with Crippen molar-refractivity contribution < 1.29 is 0 Å². The number of aryl methyl sites for hydroxylation is 3. The predicted molar refractivity (Wildman–Crippen MR) is 89.8 cm³/mol. The molecule has 2 aromatic rings. The van der Waals surface area contributed by atoms with Gasteiger partial charge in [-0.1, -0.05) is 0 Å². The molecule has 1 aliphatic carbocycles. The lowest BCUT2D eigenvalue weighted by Gasteiger charge is -2.44. The third-order valence-electron chi connectivity index (χ3n) is 4.94. The van der Waals surface area contributed by atoms with Gasteiger partial charge in [-0.15, -0.1) is 10.2 Å². The number of hydrogen-bond acceptors (Lipinski definition) is 6. The van der Waals surface area contributed by atoms with Crippen LogP contribution in [0.25, 0.3) is 0 Å². The Hall–Kier alpha value is -2.24. The first-order valence-corrected chi connectivity index (χ1v) is 8.34. The Labute approximate surface area is 136 Å². The number of fused-ring (bicyclic) bond motifs is 1. The predicted octanol–water partition coefficient (Wildman–Crippen LogP) is 1.78. The molecule has 0 spiro atoms. The number of anilines is 2. The van der Waals surface area contributed by atoms with Crippen molar-refractivity contribution in [1.29, 1.82) is 0 Å². The van der Waals surface area contributed by atoms with Crippen LogP contribution in [-0.4, -0.2) is 46.6 Å². The van der Waals surface area contributed by atoms with Gasteiger partial charge in [-0.3, -0.25) is 0 Å². The third kappa shape index (κ3) is 2.73. The fourth-order valence-electron chi connectivity index (χ4n) is 3.29. The highest BCUT2D eigenvalue weighted by Crippen LogP contribution is 2.27. The van der Waals surface area contributed by atoms with Crippen LogP contribution in [0.5, 0.6) is 0 Å². The van der Waals surface area contributed by atoms with E-state index in [0.29, 0.717) is 6.04 Å². The van der Waals surface area contributed by atoms with Gasteiger partial charge in [0.15, 0.2) is 11.6 Å². The van der Waals surface area contributed by atoms with Gasteiger partial charge in [-0.05, 0) is 56.4 Å². The maximum absolute atomic E-state index is 4.43. The van der Waals surface area contributed by atoms with Gasteiger partial charge in [0.1, 0.15) is 0 Å². The molecule has 0 saturated carbocycles. The molecule has 3 heterocycles. The van der Waals surface area contributed by atoms with Crippen LogP contribution < -0.4 is 9.80 Å². The summed E-state index contributed by atoms with van der Waals surface area (Å²) in [7, 11) is 2.08. The van der Waals surface area contributed by atoms with E-state index in [0.717, 1.165) is 43.3 Å². The van der Waals surface area contributed by atoms with Gasteiger partial charge in [0.25, 0.3) is 0 Å². The second-order valence-electron chi connectivity index (χ2n) is 6.58. The number of hydrogen-bond donors (Lipinski definition) is 0. The van der Waals surface area contributed by atoms with E-state index in [-0.39, 0.29) is 0 Å². The number of likely N-dealkylation sites (N-methyl/N-ethyl adjacent to an activating group) is 1. The molecule has 120 valence electrons. The van der Waals surface area contributed by atoms with E-state index in [1.807, 2.05) is 19.1 Å². The van der Waals surface area contributed by atoms with Crippen molar-refractivity contribution in [2.75, 3.05) is 29.9 Å². The minimum absolute atomic E-state index is 0.449. The molecule has 0 radical (unpaired) electrons. The highest BCUT2D eigenvalue weighted by Gasteiger charge is 2.32. The summed E-state index contributed by atoms with van der Waals surface area (Å²) in [5.41, 5.74) is 3.54. The fraction of sp³-hybridized carbons (Fsp3) is 0.529. The molecule has 23 heavy (non-hydrogen) atoms. The van der Waals surface area contributed by atoms with Gasteiger partial charge in [0.2, 0.25) is 0 Å². The first-order valence-electron chi connectivity index (χ1n) is 8.34. The normalized spacial score (nSPS) is 17.6. The third-order valence-corrected chi connectivity index (χ3v) is 4.94. The summed E-state index contributed by atoms with van der Waals surface area (Å²) in [5.74, 6) is 1.95. The minimum Gasteiger partial charge on any atom is -0.352 e. The van der Waals surface area contributed by atoms with Gasteiger partial charge >= 0.3 is 0 Å². The summed E-state index contributed by atoms with van der Waals surface area (Å²) in [6.07, 6.45) is 4.75. The molecule has 0 bridgehead atoms. The molecule has 1 saturated heterocycles. The molecule has 6 heteroatoms. The molecular weight excluding hydrogens is 288 g/mol. The Morgan fingerprint density at radius 1 is 1.04 bits per heavy atom. The molecule has 4 rings (SSSR count). The number of nitrogens with zero attached hydrogens (tertiary/aromatic N) is 6. The second-order valence-corrected chi connectivity index (χ2v) is 6.58. The van der Waals surface area contributed by atoms with E-state index >= 15 is 0 Å². The van der Waals surface area contributed by atoms with Crippen molar-refractivity contribution in [2.45, 2.75) is 38.6 Å². The highest BCUT2D eigenvalue weighted by atomic mass is 15.4. The van der Waals surface area contributed by atoms with Crippen molar-refractivity contribution in [3.05, 3.63) is 35.2 Å². The largest absolute Gasteiger partial charge is 0.352 e. The van der Waals surface area contributed by atoms with Gasteiger partial charge < -0.3 is 9.80 Å². The first kappa shape index (κ1) is 14.4. The lowest BCUT2D eigenvalue weighted by molar-refractivity contribution is 0.485. The van der Waals surface area contributed by atoms with Crippen LogP contribution in [-0.2, 0) is 12.8 Å². The smallest absolute Gasteiger partial charge is 0.151 e. The Morgan fingerprint density at radius 3 is 2.65 bits per heavy atom. The zero-order valence-corrected chi connectivity index (χ0v) is 13.7. The standard InChI is InChI=1S/C17H22N6/c1-12-7-8-16(20-18-12)22(2)14-10-23(11-14)17-9-13-5-3-4-6-15(13)19-21-17/h7-9,14H,3-6,10-11H2,1-2H3. The molecule has 2 aliphatic rings. The Kier molecular flexibility index (Phi) is 3.59. The maximum Gasteiger partial charge on any atom is 0.151 e. The molecule has 2 aromatic heterocycles. The second kappa shape index (κ2) is 5.76.